The molecule has 2 rings (SSSR count). The van der Waals surface area contributed by atoms with Crippen molar-refractivity contribution in [3.63, 3.8) is 0 Å². The molecule has 7 nitrogen and oxygen atoms in total. The van der Waals surface area contributed by atoms with Crippen LogP contribution in [-0.4, -0.2) is 68.0 Å². The van der Waals surface area contributed by atoms with E-state index >= 15 is 0 Å². The molecular formula is C13H24N2O5S. The lowest BCUT2D eigenvalue weighted by Crippen LogP contribution is -2.48. The Morgan fingerprint density at radius 1 is 1.24 bits per heavy atom. The first-order valence-corrected chi connectivity index (χ1v) is 8.83. The Kier molecular flexibility index (Phi) is 5.59. The van der Waals surface area contributed by atoms with Crippen LogP contribution in [0.2, 0.25) is 0 Å². The van der Waals surface area contributed by atoms with Gasteiger partial charge in [-0.2, -0.15) is 17.0 Å². The van der Waals surface area contributed by atoms with Crippen LogP contribution in [0.1, 0.15) is 25.7 Å². The van der Waals surface area contributed by atoms with E-state index in [0.29, 0.717) is 38.5 Å². The lowest BCUT2D eigenvalue weighted by atomic mass is 9.99. The number of nitrogens with zero attached hydrogens (tertiary/aromatic N) is 2. The first-order chi connectivity index (χ1) is 9.91. The molecule has 0 unspecified atom stereocenters. The summed E-state index contributed by atoms with van der Waals surface area (Å²) in [5.41, 5.74) is 0. The Bertz CT molecular complexity index is 453. The molecule has 2 fully saturated rings. The van der Waals surface area contributed by atoms with Crippen LogP contribution in [0, 0.1) is 11.8 Å². The summed E-state index contributed by atoms with van der Waals surface area (Å²) in [4.78, 5) is 10.9. The smallest absolute Gasteiger partial charge is 0.306 e. The minimum absolute atomic E-state index is 0.289. The fourth-order valence-electron chi connectivity index (χ4n) is 2.92. The zero-order chi connectivity index (χ0) is 15.5. The summed E-state index contributed by atoms with van der Waals surface area (Å²) in [5.74, 6) is -0.907. The molecule has 2 heterocycles. The molecule has 0 bridgehead atoms. The van der Waals surface area contributed by atoms with Crippen molar-refractivity contribution in [3.8, 4) is 0 Å². The molecule has 8 heteroatoms. The van der Waals surface area contributed by atoms with Crippen LogP contribution in [0.3, 0.4) is 0 Å². The molecule has 0 aromatic rings. The van der Waals surface area contributed by atoms with E-state index in [1.165, 1.54) is 8.61 Å². The molecule has 0 aromatic heterocycles. The predicted octanol–water partition coefficient (Wildman–Crippen LogP) is 0.386. The third-order valence-electron chi connectivity index (χ3n) is 4.38. The van der Waals surface area contributed by atoms with E-state index in [4.69, 9.17) is 9.84 Å². The van der Waals surface area contributed by atoms with Crippen molar-refractivity contribution in [2.24, 2.45) is 11.8 Å². The van der Waals surface area contributed by atoms with Crippen LogP contribution < -0.4 is 0 Å². The second kappa shape index (κ2) is 7.04. The van der Waals surface area contributed by atoms with Crippen LogP contribution >= 0.6 is 0 Å². The molecular weight excluding hydrogens is 296 g/mol. The summed E-state index contributed by atoms with van der Waals surface area (Å²) in [6.07, 6.45) is 2.56. The minimum atomic E-state index is -3.48. The summed E-state index contributed by atoms with van der Waals surface area (Å²) >= 11 is 0. The number of aliphatic carboxylic acids is 1. The molecule has 21 heavy (non-hydrogen) atoms. The molecule has 2 saturated heterocycles. The van der Waals surface area contributed by atoms with Gasteiger partial charge in [0.05, 0.1) is 5.92 Å². The topological polar surface area (TPSA) is 87.2 Å². The van der Waals surface area contributed by atoms with E-state index in [-0.39, 0.29) is 13.1 Å². The molecule has 0 amide bonds. The fraction of sp³-hybridized carbons (Fsp3) is 0.923. The molecule has 2 aliphatic rings. The van der Waals surface area contributed by atoms with Crippen LogP contribution in [-0.2, 0) is 19.7 Å². The van der Waals surface area contributed by atoms with Crippen LogP contribution in [0.5, 0.6) is 0 Å². The highest BCUT2D eigenvalue weighted by Crippen LogP contribution is 2.23. The Balaban J connectivity index is 1.90. The lowest BCUT2D eigenvalue weighted by Gasteiger charge is -2.34. The summed E-state index contributed by atoms with van der Waals surface area (Å²) in [6, 6.07) is 0. The van der Waals surface area contributed by atoms with Gasteiger partial charge in [0, 0.05) is 39.9 Å². The number of carboxylic acids is 1. The van der Waals surface area contributed by atoms with Gasteiger partial charge in [0.15, 0.2) is 0 Å². The summed E-state index contributed by atoms with van der Waals surface area (Å²) in [5, 5.41) is 8.96. The molecule has 0 saturated carbocycles. The van der Waals surface area contributed by atoms with Gasteiger partial charge in [-0.1, -0.05) is 0 Å². The number of hydrogen-bond acceptors (Lipinski definition) is 4. The van der Waals surface area contributed by atoms with E-state index in [1.54, 1.807) is 7.05 Å². The number of ether oxygens (including phenoxy) is 1. The van der Waals surface area contributed by atoms with Gasteiger partial charge in [-0.3, -0.25) is 4.79 Å². The van der Waals surface area contributed by atoms with Crippen molar-refractivity contribution in [3.05, 3.63) is 0 Å². The maximum absolute atomic E-state index is 12.5. The van der Waals surface area contributed by atoms with Gasteiger partial charge in [0.2, 0.25) is 0 Å². The molecule has 0 aromatic carbocycles. The Labute approximate surface area is 126 Å². The van der Waals surface area contributed by atoms with Crippen molar-refractivity contribution in [2.75, 3.05) is 39.9 Å². The van der Waals surface area contributed by atoms with Gasteiger partial charge in [0.25, 0.3) is 10.2 Å². The molecule has 0 radical (unpaired) electrons. The average Bonchev–Trinajstić information content (AvgIpc) is 2.48. The average molecular weight is 320 g/mol. The molecule has 122 valence electrons. The van der Waals surface area contributed by atoms with Gasteiger partial charge >= 0.3 is 5.97 Å². The van der Waals surface area contributed by atoms with Gasteiger partial charge in [-0.25, -0.2) is 0 Å². The van der Waals surface area contributed by atoms with Gasteiger partial charge in [-0.05, 0) is 31.6 Å². The Hall–Kier alpha value is -0.700. The van der Waals surface area contributed by atoms with E-state index in [9.17, 15) is 13.2 Å². The van der Waals surface area contributed by atoms with E-state index < -0.39 is 22.1 Å². The third-order valence-corrected chi connectivity index (χ3v) is 6.33. The van der Waals surface area contributed by atoms with E-state index in [0.717, 1.165) is 12.8 Å². The monoisotopic (exact) mass is 320 g/mol. The zero-order valence-electron chi connectivity index (χ0n) is 12.4. The fourth-order valence-corrected chi connectivity index (χ4v) is 4.38. The molecule has 0 aliphatic carbocycles. The molecule has 0 spiro atoms. The summed E-state index contributed by atoms with van der Waals surface area (Å²) in [6.45, 7) is 2.48. The number of carbonyl (C=O) groups is 1. The standard InChI is InChI=1S/C13H24N2O5S/c1-14(10-11-4-8-20-9-5-11)21(18,19)15-6-2-12(3-7-15)13(16)17/h11-12H,2-10H2,1H3,(H,16,17). The first kappa shape index (κ1) is 16.7. The highest BCUT2D eigenvalue weighted by molar-refractivity contribution is 7.86. The summed E-state index contributed by atoms with van der Waals surface area (Å²) in [7, 11) is -1.87. The number of piperidine rings is 1. The Morgan fingerprint density at radius 3 is 2.33 bits per heavy atom. The lowest BCUT2D eigenvalue weighted by molar-refractivity contribution is -0.142. The van der Waals surface area contributed by atoms with Crippen molar-refractivity contribution in [1.29, 1.82) is 0 Å². The minimum Gasteiger partial charge on any atom is -0.481 e. The quantitative estimate of drug-likeness (QED) is 0.791. The van der Waals surface area contributed by atoms with Crippen molar-refractivity contribution < 1.29 is 23.1 Å². The second-order valence-electron chi connectivity index (χ2n) is 5.86. The van der Waals surface area contributed by atoms with Gasteiger partial charge in [0.1, 0.15) is 0 Å². The third kappa shape index (κ3) is 4.15. The van der Waals surface area contributed by atoms with E-state index in [2.05, 4.69) is 0 Å². The normalized spacial score (nSPS) is 23.5. The maximum atomic E-state index is 12.5. The van der Waals surface area contributed by atoms with Crippen LogP contribution in [0.25, 0.3) is 0 Å². The highest BCUT2D eigenvalue weighted by Gasteiger charge is 2.34. The number of carboxylic acid groups (broad SMARTS) is 1. The second-order valence-corrected chi connectivity index (χ2v) is 7.89. The van der Waals surface area contributed by atoms with Crippen LogP contribution in [0.4, 0.5) is 0 Å². The van der Waals surface area contributed by atoms with Gasteiger partial charge < -0.3 is 9.84 Å². The number of hydrogen-bond donors (Lipinski definition) is 1. The largest absolute Gasteiger partial charge is 0.481 e. The van der Waals surface area contributed by atoms with Crippen LogP contribution in [0.15, 0.2) is 0 Å². The van der Waals surface area contributed by atoms with E-state index in [1.807, 2.05) is 0 Å². The number of rotatable bonds is 5. The highest BCUT2D eigenvalue weighted by atomic mass is 32.2. The van der Waals surface area contributed by atoms with Crippen molar-refractivity contribution >= 4 is 16.2 Å². The zero-order valence-corrected chi connectivity index (χ0v) is 13.2. The van der Waals surface area contributed by atoms with Crippen molar-refractivity contribution in [1.82, 2.24) is 8.61 Å². The molecule has 2 aliphatic heterocycles. The molecule has 1 N–H and O–H groups in total. The maximum Gasteiger partial charge on any atom is 0.306 e. The Morgan fingerprint density at radius 2 is 1.81 bits per heavy atom. The predicted molar refractivity (Wildman–Crippen MR) is 77.0 cm³/mol. The van der Waals surface area contributed by atoms with Gasteiger partial charge in [-0.15, -0.1) is 0 Å². The SMILES string of the molecule is CN(CC1CCOCC1)S(=O)(=O)N1CCC(C(=O)O)CC1. The summed E-state index contributed by atoms with van der Waals surface area (Å²) < 4.78 is 33.1. The molecule has 0 atom stereocenters. The first-order valence-electron chi connectivity index (χ1n) is 7.43. The van der Waals surface area contributed by atoms with Crippen molar-refractivity contribution in [2.45, 2.75) is 25.7 Å².